The quantitative estimate of drug-likeness (QED) is 0.874. The molecule has 2 aliphatic rings. The van der Waals surface area contributed by atoms with Crippen LogP contribution < -0.4 is 0 Å². The van der Waals surface area contributed by atoms with Crippen LogP contribution in [0.5, 0.6) is 0 Å². The van der Waals surface area contributed by atoms with E-state index in [1.54, 1.807) is 0 Å². The zero-order valence-electron chi connectivity index (χ0n) is 16.1. The second-order valence-electron chi connectivity index (χ2n) is 7.80. The van der Waals surface area contributed by atoms with E-state index in [0.717, 1.165) is 42.7 Å². The molecule has 0 unspecified atom stereocenters. The van der Waals surface area contributed by atoms with Crippen LogP contribution in [0.3, 0.4) is 0 Å². The monoisotopic (exact) mass is 371 g/mol. The number of hydrogen-bond donors (Lipinski definition) is 1. The first-order valence-electron chi connectivity index (χ1n) is 9.75. The number of nitrogens with zero attached hydrogens (tertiary/aromatic N) is 2. The SMILES string of the molecule is Cc1cc(C)c2[nH]c(C(=O)N3CCC(N4CCSCC4)CC3)c(C)c2c1. The highest BCUT2D eigenvalue weighted by molar-refractivity contribution is 7.99. The average Bonchev–Trinajstić information content (AvgIpc) is 2.99. The number of benzene rings is 1. The van der Waals surface area contributed by atoms with Gasteiger partial charge in [-0.1, -0.05) is 11.6 Å². The highest BCUT2D eigenvalue weighted by Crippen LogP contribution is 2.28. The minimum atomic E-state index is 0.170. The Morgan fingerprint density at radius 1 is 1.08 bits per heavy atom. The van der Waals surface area contributed by atoms with Crippen LogP contribution in [0, 0.1) is 20.8 Å². The van der Waals surface area contributed by atoms with Crippen molar-refractivity contribution in [1.82, 2.24) is 14.8 Å². The van der Waals surface area contributed by atoms with Gasteiger partial charge in [-0.05, 0) is 50.8 Å². The average molecular weight is 372 g/mol. The Kier molecular flexibility index (Phi) is 5.02. The molecule has 1 N–H and O–H groups in total. The molecular weight excluding hydrogens is 342 g/mol. The molecule has 1 aromatic carbocycles. The highest BCUT2D eigenvalue weighted by Gasteiger charge is 2.29. The van der Waals surface area contributed by atoms with Crippen molar-refractivity contribution < 1.29 is 4.79 Å². The topological polar surface area (TPSA) is 39.3 Å². The molecule has 2 fully saturated rings. The van der Waals surface area contributed by atoms with Gasteiger partial charge in [0.1, 0.15) is 5.69 Å². The molecule has 1 aromatic heterocycles. The zero-order valence-corrected chi connectivity index (χ0v) is 16.9. The lowest BCUT2D eigenvalue weighted by Gasteiger charge is -2.40. The number of amides is 1. The molecule has 0 saturated carbocycles. The fraction of sp³-hybridized carbons (Fsp3) is 0.571. The smallest absolute Gasteiger partial charge is 0.270 e. The van der Waals surface area contributed by atoms with Crippen LogP contribution in [0.2, 0.25) is 0 Å². The van der Waals surface area contributed by atoms with Gasteiger partial charge in [0, 0.05) is 54.6 Å². The van der Waals surface area contributed by atoms with Crippen molar-refractivity contribution >= 4 is 28.6 Å². The summed E-state index contributed by atoms with van der Waals surface area (Å²) in [6.07, 6.45) is 2.21. The highest BCUT2D eigenvalue weighted by atomic mass is 32.2. The fourth-order valence-electron chi connectivity index (χ4n) is 4.53. The fourth-order valence-corrected chi connectivity index (χ4v) is 5.46. The van der Waals surface area contributed by atoms with Crippen molar-refractivity contribution in [3.05, 3.63) is 34.5 Å². The molecule has 0 spiro atoms. The van der Waals surface area contributed by atoms with E-state index in [2.05, 4.69) is 59.4 Å². The number of carbonyl (C=O) groups excluding carboxylic acids is 1. The molecule has 2 saturated heterocycles. The van der Waals surface area contributed by atoms with Crippen LogP contribution in [-0.4, -0.2) is 64.4 Å². The molecule has 4 nitrogen and oxygen atoms in total. The van der Waals surface area contributed by atoms with Gasteiger partial charge >= 0.3 is 0 Å². The van der Waals surface area contributed by atoms with Gasteiger partial charge < -0.3 is 9.88 Å². The number of likely N-dealkylation sites (tertiary alicyclic amines) is 1. The minimum absolute atomic E-state index is 0.170. The van der Waals surface area contributed by atoms with Gasteiger partial charge in [0.05, 0.1) is 0 Å². The van der Waals surface area contributed by atoms with Gasteiger partial charge in [0.25, 0.3) is 5.91 Å². The Morgan fingerprint density at radius 3 is 2.46 bits per heavy atom. The predicted molar refractivity (Wildman–Crippen MR) is 110 cm³/mol. The number of aromatic nitrogens is 1. The maximum atomic E-state index is 13.1. The number of H-pyrrole nitrogens is 1. The standard InChI is InChI=1S/C21H29N3OS/c1-14-12-15(2)19-18(13-14)16(3)20(22-19)21(25)24-6-4-17(5-7-24)23-8-10-26-11-9-23/h12-13,17,22H,4-11H2,1-3H3. The summed E-state index contributed by atoms with van der Waals surface area (Å²) < 4.78 is 0. The molecule has 0 bridgehead atoms. The van der Waals surface area contributed by atoms with Crippen LogP contribution in [0.25, 0.3) is 10.9 Å². The Balaban J connectivity index is 1.49. The van der Waals surface area contributed by atoms with E-state index >= 15 is 0 Å². The van der Waals surface area contributed by atoms with E-state index < -0.39 is 0 Å². The molecule has 26 heavy (non-hydrogen) atoms. The maximum Gasteiger partial charge on any atom is 0.270 e. The summed E-state index contributed by atoms with van der Waals surface area (Å²) >= 11 is 2.06. The molecule has 4 rings (SSSR count). The minimum Gasteiger partial charge on any atom is -0.350 e. The maximum absolute atomic E-state index is 13.1. The first-order valence-corrected chi connectivity index (χ1v) is 10.9. The molecule has 2 aromatic rings. The summed E-state index contributed by atoms with van der Waals surface area (Å²) in [5.74, 6) is 2.68. The van der Waals surface area contributed by atoms with Crippen LogP contribution in [0.1, 0.15) is 40.0 Å². The second-order valence-corrected chi connectivity index (χ2v) is 9.03. The normalized spacial score (nSPS) is 20.0. The largest absolute Gasteiger partial charge is 0.350 e. The Morgan fingerprint density at radius 2 is 1.77 bits per heavy atom. The lowest BCUT2D eigenvalue weighted by Crippen LogP contribution is -2.49. The zero-order chi connectivity index (χ0) is 18.3. The Bertz CT molecular complexity index is 814. The summed E-state index contributed by atoms with van der Waals surface area (Å²) in [6.45, 7) is 10.5. The molecule has 1 amide bonds. The Labute approximate surface area is 160 Å². The van der Waals surface area contributed by atoms with Gasteiger partial charge in [0.2, 0.25) is 0 Å². The number of aryl methyl sites for hydroxylation is 3. The number of hydrogen-bond acceptors (Lipinski definition) is 3. The lowest BCUT2D eigenvalue weighted by molar-refractivity contribution is 0.0625. The van der Waals surface area contributed by atoms with E-state index in [9.17, 15) is 4.79 Å². The molecule has 2 aliphatic heterocycles. The van der Waals surface area contributed by atoms with Gasteiger partial charge in [0.15, 0.2) is 0 Å². The molecule has 3 heterocycles. The van der Waals surface area contributed by atoms with E-state index in [-0.39, 0.29) is 5.91 Å². The summed E-state index contributed by atoms with van der Waals surface area (Å²) in [5.41, 5.74) is 5.44. The number of aromatic amines is 1. The van der Waals surface area contributed by atoms with Crippen molar-refractivity contribution in [2.24, 2.45) is 0 Å². The van der Waals surface area contributed by atoms with Crippen LogP contribution in [-0.2, 0) is 0 Å². The molecular formula is C21H29N3OS. The van der Waals surface area contributed by atoms with E-state index in [1.165, 1.54) is 41.1 Å². The third-order valence-electron chi connectivity index (χ3n) is 6.04. The lowest BCUT2D eigenvalue weighted by atomic mass is 10.0. The molecule has 5 heteroatoms. The summed E-state index contributed by atoms with van der Waals surface area (Å²) in [7, 11) is 0. The number of rotatable bonds is 2. The molecule has 0 atom stereocenters. The third-order valence-corrected chi connectivity index (χ3v) is 6.98. The first kappa shape index (κ1) is 17.9. The number of fused-ring (bicyclic) bond motifs is 1. The molecule has 0 aliphatic carbocycles. The van der Waals surface area contributed by atoms with Crippen LogP contribution in [0.4, 0.5) is 0 Å². The number of piperidine rings is 1. The van der Waals surface area contributed by atoms with E-state index in [0.29, 0.717) is 6.04 Å². The van der Waals surface area contributed by atoms with Crippen molar-refractivity contribution in [2.45, 2.75) is 39.7 Å². The van der Waals surface area contributed by atoms with Crippen molar-refractivity contribution in [3.8, 4) is 0 Å². The van der Waals surface area contributed by atoms with Gasteiger partial charge in [-0.15, -0.1) is 0 Å². The van der Waals surface area contributed by atoms with Gasteiger partial charge in [-0.25, -0.2) is 0 Å². The van der Waals surface area contributed by atoms with Crippen molar-refractivity contribution in [2.75, 3.05) is 37.7 Å². The van der Waals surface area contributed by atoms with Crippen LogP contribution >= 0.6 is 11.8 Å². The van der Waals surface area contributed by atoms with E-state index in [1.807, 2.05) is 0 Å². The summed E-state index contributed by atoms with van der Waals surface area (Å²) in [5, 5.41) is 1.19. The van der Waals surface area contributed by atoms with Crippen molar-refractivity contribution in [3.63, 3.8) is 0 Å². The predicted octanol–water partition coefficient (Wildman–Crippen LogP) is 3.75. The summed E-state index contributed by atoms with van der Waals surface area (Å²) in [4.78, 5) is 21.3. The number of carbonyl (C=O) groups is 1. The van der Waals surface area contributed by atoms with Gasteiger partial charge in [-0.2, -0.15) is 11.8 Å². The molecule has 0 radical (unpaired) electrons. The molecule has 140 valence electrons. The van der Waals surface area contributed by atoms with Gasteiger partial charge in [-0.3, -0.25) is 9.69 Å². The van der Waals surface area contributed by atoms with E-state index in [4.69, 9.17) is 0 Å². The third kappa shape index (κ3) is 3.27. The summed E-state index contributed by atoms with van der Waals surface area (Å²) in [6, 6.07) is 5.02. The number of thioether (sulfide) groups is 1. The Hall–Kier alpha value is -1.46. The second kappa shape index (κ2) is 7.28. The van der Waals surface area contributed by atoms with Crippen LogP contribution in [0.15, 0.2) is 12.1 Å². The first-order chi connectivity index (χ1) is 12.5. The number of nitrogens with one attached hydrogen (secondary N) is 1. The van der Waals surface area contributed by atoms with Crippen molar-refractivity contribution in [1.29, 1.82) is 0 Å².